The van der Waals surface area contributed by atoms with Crippen molar-refractivity contribution in [2.75, 3.05) is 0 Å². The minimum Gasteiger partial charge on any atom is -0.271 e. The Hall–Kier alpha value is -1.79. The van der Waals surface area contributed by atoms with Crippen molar-refractivity contribution in [3.05, 3.63) is 80.8 Å². The monoisotopic (exact) mass is 417 g/mol. The van der Waals surface area contributed by atoms with Gasteiger partial charge in [-0.3, -0.25) is 9.80 Å². The van der Waals surface area contributed by atoms with Gasteiger partial charge in [-0.1, -0.05) is 71.4 Å². The Labute approximate surface area is 172 Å². The molecule has 7 heteroatoms. The molecule has 0 saturated heterocycles. The van der Waals surface area contributed by atoms with Crippen LogP contribution in [0.25, 0.3) is 0 Å². The Balaban J connectivity index is 1.72. The lowest BCUT2D eigenvalue weighted by atomic mass is 10.0. The normalized spacial score (nSPS) is 19.7. The number of carbonyl (C=O) groups is 1. The summed E-state index contributed by atoms with van der Waals surface area (Å²) in [5.41, 5.74) is 2.92. The fourth-order valence-electron chi connectivity index (χ4n) is 3.26. The number of thioether (sulfide) groups is 1. The van der Waals surface area contributed by atoms with Gasteiger partial charge in [0.15, 0.2) is 5.17 Å². The minimum absolute atomic E-state index is 0.163. The Morgan fingerprint density at radius 1 is 1.04 bits per heavy atom. The van der Waals surface area contributed by atoms with Gasteiger partial charge in [-0.15, -0.1) is 0 Å². The van der Waals surface area contributed by atoms with E-state index in [0.717, 1.165) is 16.8 Å². The van der Waals surface area contributed by atoms with Crippen LogP contribution >= 0.6 is 35.0 Å². The van der Waals surface area contributed by atoms with Crippen molar-refractivity contribution in [3.8, 4) is 0 Å². The number of hydrazine groups is 1. The highest BCUT2D eigenvalue weighted by Gasteiger charge is 2.40. The van der Waals surface area contributed by atoms with Gasteiger partial charge >= 0.3 is 0 Å². The molecular weight excluding hydrogens is 401 g/mol. The second-order valence-corrected chi connectivity index (χ2v) is 8.07. The van der Waals surface area contributed by atoms with Crippen LogP contribution in [0.3, 0.4) is 0 Å². The Bertz CT molecular complexity index is 960. The summed E-state index contributed by atoms with van der Waals surface area (Å²) in [5.74, 6) is -0.163. The highest BCUT2D eigenvalue weighted by atomic mass is 35.5. The van der Waals surface area contributed by atoms with Crippen LogP contribution < -0.4 is 0 Å². The molecule has 0 fully saturated rings. The zero-order valence-electron chi connectivity index (χ0n) is 14.6. The molecule has 0 bridgehead atoms. The number of fused-ring (bicyclic) bond motifs is 1. The number of hydrogen-bond donors (Lipinski definition) is 0. The molecule has 4 nitrogen and oxygen atoms in total. The zero-order chi connectivity index (χ0) is 19.0. The average Bonchev–Trinajstić information content (AvgIpc) is 3.01. The third-order valence-corrected chi connectivity index (χ3v) is 6.29. The van der Waals surface area contributed by atoms with Crippen molar-refractivity contribution in [1.82, 2.24) is 10.0 Å². The first-order valence-corrected chi connectivity index (χ1v) is 10.2. The van der Waals surface area contributed by atoms with Gasteiger partial charge in [0, 0.05) is 28.7 Å². The topological polar surface area (TPSA) is 35.9 Å². The average molecular weight is 418 g/mol. The molecule has 2 aliphatic heterocycles. The summed E-state index contributed by atoms with van der Waals surface area (Å²) in [7, 11) is 0. The quantitative estimate of drug-likeness (QED) is 0.690. The first-order chi connectivity index (χ1) is 13.0. The highest BCUT2D eigenvalue weighted by molar-refractivity contribution is 8.16. The van der Waals surface area contributed by atoms with E-state index in [9.17, 15) is 4.79 Å². The van der Waals surface area contributed by atoms with Crippen molar-refractivity contribution < 1.29 is 4.79 Å². The van der Waals surface area contributed by atoms with Crippen LogP contribution in [0, 0.1) is 0 Å². The van der Waals surface area contributed by atoms with E-state index in [0.29, 0.717) is 28.2 Å². The van der Waals surface area contributed by atoms with Crippen LogP contribution in [0.4, 0.5) is 0 Å². The number of benzene rings is 2. The van der Waals surface area contributed by atoms with E-state index < -0.39 is 6.04 Å². The molecule has 2 heterocycles. The lowest BCUT2D eigenvalue weighted by molar-refractivity contribution is -0.130. The van der Waals surface area contributed by atoms with E-state index in [1.165, 1.54) is 11.8 Å². The summed E-state index contributed by atoms with van der Waals surface area (Å²) in [6.07, 6.45) is 0.480. The number of amidine groups is 1. The molecule has 0 aromatic heterocycles. The van der Waals surface area contributed by atoms with Crippen molar-refractivity contribution in [3.63, 3.8) is 0 Å². The molecule has 1 atom stereocenters. The third kappa shape index (κ3) is 3.65. The van der Waals surface area contributed by atoms with E-state index in [-0.39, 0.29) is 5.91 Å². The molecule has 2 aliphatic rings. The molecule has 138 valence electrons. The van der Waals surface area contributed by atoms with E-state index in [1.54, 1.807) is 0 Å². The van der Waals surface area contributed by atoms with Gasteiger partial charge in [-0.05, 0) is 35.6 Å². The van der Waals surface area contributed by atoms with E-state index in [2.05, 4.69) is 4.99 Å². The number of halogens is 2. The molecule has 0 radical (unpaired) electrons. The molecular formula is C20H17Cl2N3OS. The van der Waals surface area contributed by atoms with Crippen LogP contribution in [-0.4, -0.2) is 27.1 Å². The third-order valence-electron chi connectivity index (χ3n) is 4.62. The van der Waals surface area contributed by atoms with Gasteiger partial charge < -0.3 is 0 Å². The number of carbonyl (C=O) groups excluding carboxylic acids is 1. The predicted octanol–water partition coefficient (Wildman–Crippen LogP) is 5.13. The first kappa shape index (κ1) is 18.6. The summed E-state index contributed by atoms with van der Waals surface area (Å²) in [6, 6.07) is 14.8. The molecule has 0 spiro atoms. The van der Waals surface area contributed by atoms with Crippen LogP contribution in [0.2, 0.25) is 10.0 Å². The van der Waals surface area contributed by atoms with Gasteiger partial charge in [0.2, 0.25) is 0 Å². The zero-order valence-corrected chi connectivity index (χ0v) is 16.9. The van der Waals surface area contributed by atoms with Crippen LogP contribution in [-0.2, 0) is 17.8 Å². The minimum atomic E-state index is -0.452. The van der Waals surface area contributed by atoms with Gasteiger partial charge in [0.05, 0.1) is 0 Å². The first-order valence-electron chi connectivity index (χ1n) is 8.54. The Kier molecular flexibility index (Phi) is 5.28. The van der Waals surface area contributed by atoms with Gasteiger partial charge in [-0.25, -0.2) is 0 Å². The molecule has 0 aliphatic carbocycles. The summed E-state index contributed by atoms with van der Waals surface area (Å²) < 4.78 is 0. The Morgan fingerprint density at radius 2 is 1.67 bits per heavy atom. The summed E-state index contributed by atoms with van der Waals surface area (Å²) >= 11 is 14.2. The standard InChI is InChI=1S/C20H17Cl2N3OS/c1-13-12-27-20-23-19(26)18(10-14-6-2-4-8-16(14)21)24(25(13)20)11-15-7-3-5-9-17(15)22/h2-9,12,18H,10-11H2,1H3. The molecule has 1 amide bonds. The summed E-state index contributed by atoms with van der Waals surface area (Å²) in [4.78, 5) is 17.2. The second-order valence-electron chi connectivity index (χ2n) is 6.42. The number of nitrogens with zero attached hydrogens (tertiary/aromatic N) is 3. The largest absolute Gasteiger partial charge is 0.271 e. The van der Waals surface area contributed by atoms with E-state index >= 15 is 0 Å². The lowest BCUT2D eigenvalue weighted by Gasteiger charge is -2.41. The lowest BCUT2D eigenvalue weighted by Crippen LogP contribution is -2.55. The number of aliphatic imine (C=N–C) groups is 1. The maximum Gasteiger partial charge on any atom is 0.267 e. The van der Waals surface area contributed by atoms with Gasteiger partial charge in [0.25, 0.3) is 5.91 Å². The predicted molar refractivity (Wildman–Crippen MR) is 112 cm³/mol. The van der Waals surface area contributed by atoms with Crippen LogP contribution in [0.15, 0.2) is 64.6 Å². The van der Waals surface area contributed by atoms with Crippen molar-refractivity contribution in [1.29, 1.82) is 0 Å². The molecule has 4 rings (SSSR count). The van der Waals surface area contributed by atoms with Gasteiger partial charge in [0.1, 0.15) is 6.04 Å². The SMILES string of the molecule is CC1=CSC2=NC(=O)C(Cc3ccccc3Cl)N(Cc3ccccc3Cl)N12. The molecule has 2 aromatic carbocycles. The molecule has 1 unspecified atom stereocenters. The van der Waals surface area contributed by atoms with E-state index in [1.807, 2.05) is 70.9 Å². The van der Waals surface area contributed by atoms with Crippen LogP contribution in [0.5, 0.6) is 0 Å². The fourth-order valence-corrected chi connectivity index (χ4v) is 4.53. The van der Waals surface area contributed by atoms with Crippen molar-refractivity contribution in [2.45, 2.75) is 25.9 Å². The molecule has 27 heavy (non-hydrogen) atoms. The second kappa shape index (κ2) is 7.68. The van der Waals surface area contributed by atoms with E-state index in [4.69, 9.17) is 23.2 Å². The molecule has 0 saturated carbocycles. The number of rotatable bonds is 4. The summed E-state index contributed by atoms with van der Waals surface area (Å²) in [6.45, 7) is 2.52. The maximum atomic E-state index is 12.9. The number of hydrogen-bond acceptors (Lipinski definition) is 4. The highest BCUT2D eigenvalue weighted by Crippen LogP contribution is 2.35. The van der Waals surface area contributed by atoms with Crippen LogP contribution in [0.1, 0.15) is 18.1 Å². The number of allylic oxidation sites excluding steroid dienone is 1. The van der Waals surface area contributed by atoms with Gasteiger partial charge in [-0.2, -0.15) is 10.0 Å². The summed E-state index contributed by atoms with van der Waals surface area (Å²) in [5, 5.41) is 8.07. The maximum absolute atomic E-state index is 12.9. The smallest absolute Gasteiger partial charge is 0.267 e. The molecule has 2 aromatic rings. The van der Waals surface area contributed by atoms with Crippen molar-refractivity contribution in [2.24, 2.45) is 4.99 Å². The Morgan fingerprint density at radius 3 is 2.33 bits per heavy atom. The molecule has 0 N–H and O–H groups in total. The fraction of sp³-hybridized carbons (Fsp3) is 0.200. The van der Waals surface area contributed by atoms with Crippen molar-refractivity contribution >= 4 is 46.0 Å². The number of amides is 1.